The van der Waals surface area contributed by atoms with Gasteiger partial charge in [-0.15, -0.1) is 0 Å². The van der Waals surface area contributed by atoms with E-state index in [2.05, 4.69) is 4.72 Å². The molecule has 2 aliphatic heterocycles. The number of anilines is 1. The Kier molecular flexibility index (Phi) is 7.08. The number of nitrogens with zero attached hydrogens (tertiary/aromatic N) is 2. The number of aryl methyl sites for hydroxylation is 1. The van der Waals surface area contributed by atoms with E-state index in [1.165, 1.54) is 19.2 Å². The summed E-state index contributed by atoms with van der Waals surface area (Å²) in [6.45, 7) is 4.09. The first-order chi connectivity index (χ1) is 16.3. The minimum absolute atomic E-state index is 0.0235. The largest absolute Gasteiger partial charge is 0.495 e. The van der Waals surface area contributed by atoms with Crippen LogP contribution in [0.4, 0.5) is 5.69 Å². The Morgan fingerprint density at radius 3 is 2.32 bits per heavy atom. The molecule has 4 rings (SSSR count). The van der Waals surface area contributed by atoms with E-state index in [-0.39, 0.29) is 34.1 Å². The van der Waals surface area contributed by atoms with Crippen LogP contribution in [-0.2, 0) is 19.6 Å². The fourth-order valence-corrected chi connectivity index (χ4v) is 5.39. The summed E-state index contributed by atoms with van der Waals surface area (Å²) in [6, 6.07) is 11.3. The van der Waals surface area contributed by atoms with Crippen molar-refractivity contribution in [3.63, 3.8) is 0 Å². The Labute approximate surface area is 199 Å². The Morgan fingerprint density at radius 1 is 1.03 bits per heavy atom. The van der Waals surface area contributed by atoms with E-state index in [9.17, 15) is 18.0 Å². The van der Waals surface area contributed by atoms with E-state index in [0.717, 1.165) is 18.4 Å². The Bertz CT molecular complexity index is 1150. The minimum atomic E-state index is -4.00. The normalized spacial score (nSPS) is 18.6. The van der Waals surface area contributed by atoms with Crippen LogP contribution in [-0.4, -0.2) is 76.0 Å². The number of sulfonamides is 1. The molecule has 2 heterocycles. The molecule has 0 bridgehead atoms. The van der Waals surface area contributed by atoms with Crippen LogP contribution >= 0.6 is 0 Å². The van der Waals surface area contributed by atoms with Gasteiger partial charge in [-0.05, 0) is 50.1 Å². The molecule has 0 aliphatic carbocycles. The van der Waals surface area contributed by atoms with Crippen molar-refractivity contribution in [1.82, 2.24) is 9.80 Å². The third-order valence-corrected chi connectivity index (χ3v) is 7.49. The third-order valence-electron chi connectivity index (χ3n) is 6.09. The average molecular weight is 488 g/mol. The van der Waals surface area contributed by atoms with Crippen LogP contribution in [0.3, 0.4) is 0 Å². The van der Waals surface area contributed by atoms with Gasteiger partial charge in [0.15, 0.2) is 0 Å². The van der Waals surface area contributed by atoms with E-state index in [1.807, 2.05) is 6.92 Å². The van der Waals surface area contributed by atoms with Gasteiger partial charge in [-0.25, -0.2) is 8.42 Å². The van der Waals surface area contributed by atoms with Gasteiger partial charge in [0.05, 0.1) is 7.11 Å². The second kappa shape index (κ2) is 10.0. The van der Waals surface area contributed by atoms with Crippen molar-refractivity contribution in [2.24, 2.45) is 0 Å². The number of hydrogen-bond donors (Lipinski definition) is 1. The summed E-state index contributed by atoms with van der Waals surface area (Å²) in [5.41, 5.74) is 1.66. The number of nitrogens with one attached hydrogen (secondary N) is 1. The monoisotopic (exact) mass is 487 g/mol. The fraction of sp³-hybridized carbons (Fsp3) is 0.417. The van der Waals surface area contributed by atoms with Crippen LogP contribution in [0, 0.1) is 6.92 Å². The van der Waals surface area contributed by atoms with Crippen molar-refractivity contribution < 1.29 is 27.5 Å². The molecule has 182 valence electrons. The molecule has 0 aromatic heterocycles. The van der Waals surface area contributed by atoms with Gasteiger partial charge in [0.25, 0.3) is 21.8 Å². The fourth-order valence-electron chi connectivity index (χ4n) is 4.14. The molecule has 10 heteroatoms. The number of rotatable bonds is 6. The second-order valence-electron chi connectivity index (χ2n) is 8.46. The molecule has 1 N–H and O–H groups in total. The van der Waals surface area contributed by atoms with Gasteiger partial charge in [0.2, 0.25) is 0 Å². The van der Waals surface area contributed by atoms with E-state index in [4.69, 9.17) is 9.47 Å². The topological polar surface area (TPSA) is 105 Å². The number of methoxy groups -OCH3 is 1. The molecule has 1 atom stereocenters. The molecule has 0 saturated carbocycles. The second-order valence-corrected chi connectivity index (χ2v) is 10.1. The third kappa shape index (κ3) is 5.18. The van der Waals surface area contributed by atoms with E-state index >= 15 is 0 Å². The summed E-state index contributed by atoms with van der Waals surface area (Å²) < 4.78 is 39.5. The molecule has 2 aromatic carbocycles. The summed E-state index contributed by atoms with van der Waals surface area (Å²) in [5.74, 6) is -0.175. The SMILES string of the molecule is COc1ccc(C(=O)N2CCN(C(=O)C3CCCO3)CC2)cc1S(=O)(=O)Nc1ccc(C)cc1. The number of piperazine rings is 1. The number of ether oxygens (including phenoxy) is 2. The van der Waals surface area contributed by atoms with Crippen molar-refractivity contribution >= 4 is 27.5 Å². The maximum absolute atomic E-state index is 13.1. The summed E-state index contributed by atoms with van der Waals surface area (Å²) in [5, 5.41) is 0. The standard InChI is InChI=1S/C24H29N3O6S/c1-17-5-8-19(9-6-17)25-34(30,31)22-16-18(7-10-20(22)32-2)23(28)26-11-13-27(14-12-26)24(29)21-4-3-15-33-21/h5-10,16,21,25H,3-4,11-15H2,1-2H3. The lowest BCUT2D eigenvalue weighted by Crippen LogP contribution is -2.52. The summed E-state index contributed by atoms with van der Waals surface area (Å²) in [4.78, 5) is 28.9. The Hall–Kier alpha value is -3.11. The number of carbonyl (C=O) groups is 2. The number of amides is 2. The van der Waals surface area contributed by atoms with E-state index in [1.54, 1.807) is 40.1 Å². The smallest absolute Gasteiger partial charge is 0.265 e. The molecule has 2 saturated heterocycles. The maximum Gasteiger partial charge on any atom is 0.265 e. The first-order valence-electron chi connectivity index (χ1n) is 11.3. The van der Waals surface area contributed by atoms with Gasteiger partial charge in [0.1, 0.15) is 16.7 Å². The Balaban J connectivity index is 1.48. The molecule has 2 aromatic rings. The van der Waals surface area contributed by atoms with E-state index < -0.39 is 10.0 Å². The summed E-state index contributed by atoms with van der Waals surface area (Å²) in [6.07, 6.45) is 1.24. The van der Waals surface area contributed by atoms with Crippen LogP contribution < -0.4 is 9.46 Å². The predicted molar refractivity (Wildman–Crippen MR) is 126 cm³/mol. The molecule has 2 amide bonds. The molecule has 2 fully saturated rings. The number of carbonyl (C=O) groups excluding carboxylic acids is 2. The van der Waals surface area contributed by atoms with E-state index in [0.29, 0.717) is 38.5 Å². The molecule has 9 nitrogen and oxygen atoms in total. The molecule has 0 radical (unpaired) electrons. The maximum atomic E-state index is 13.1. The molecule has 0 spiro atoms. The van der Waals surface area contributed by atoms with Crippen molar-refractivity contribution in [3.05, 3.63) is 53.6 Å². The van der Waals surface area contributed by atoms with Gasteiger partial charge < -0.3 is 19.3 Å². The lowest BCUT2D eigenvalue weighted by atomic mass is 10.1. The quantitative estimate of drug-likeness (QED) is 0.670. The Morgan fingerprint density at radius 2 is 1.71 bits per heavy atom. The highest BCUT2D eigenvalue weighted by Gasteiger charge is 2.32. The van der Waals surface area contributed by atoms with Crippen molar-refractivity contribution in [2.75, 3.05) is 44.6 Å². The number of hydrogen-bond acceptors (Lipinski definition) is 6. The molecular weight excluding hydrogens is 458 g/mol. The minimum Gasteiger partial charge on any atom is -0.495 e. The lowest BCUT2D eigenvalue weighted by Gasteiger charge is -2.35. The zero-order valence-corrected chi connectivity index (χ0v) is 20.1. The van der Waals surface area contributed by atoms with Crippen LogP contribution in [0.5, 0.6) is 5.75 Å². The average Bonchev–Trinajstić information content (AvgIpc) is 3.39. The predicted octanol–water partition coefficient (Wildman–Crippen LogP) is 2.27. The van der Waals surface area contributed by atoms with Gasteiger partial charge in [-0.2, -0.15) is 0 Å². The van der Waals surface area contributed by atoms with Gasteiger partial charge in [-0.3, -0.25) is 14.3 Å². The molecule has 34 heavy (non-hydrogen) atoms. The van der Waals surface area contributed by atoms with Gasteiger partial charge >= 0.3 is 0 Å². The van der Waals surface area contributed by atoms with Crippen molar-refractivity contribution in [1.29, 1.82) is 0 Å². The highest BCUT2D eigenvalue weighted by atomic mass is 32.2. The lowest BCUT2D eigenvalue weighted by molar-refractivity contribution is -0.142. The molecule has 2 aliphatic rings. The van der Waals surface area contributed by atoms with Crippen LogP contribution in [0.1, 0.15) is 28.8 Å². The number of benzene rings is 2. The van der Waals surface area contributed by atoms with Crippen LogP contribution in [0.25, 0.3) is 0 Å². The van der Waals surface area contributed by atoms with Crippen molar-refractivity contribution in [2.45, 2.75) is 30.8 Å². The molecular formula is C24H29N3O6S. The first kappa shape index (κ1) is 24.0. The summed E-state index contributed by atoms with van der Waals surface area (Å²) >= 11 is 0. The van der Waals surface area contributed by atoms with Crippen LogP contribution in [0.15, 0.2) is 47.4 Å². The zero-order valence-electron chi connectivity index (χ0n) is 19.3. The highest BCUT2D eigenvalue weighted by molar-refractivity contribution is 7.92. The van der Waals surface area contributed by atoms with Gasteiger partial charge in [0, 0.05) is 44.0 Å². The van der Waals surface area contributed by atoms with Gasteiger partial charge in [-0.1, -0.05) is 17.7 Å². The summed E-state index contributed by atoms with van der Waals surface area (Å²) in [7, 11) is -2.62. The zero-order chi connectivity index (χ0) is 24.3. The highest BCUT2D eigenvalue weighted by Crippen LogP contribution is 2.28. The van der Waals surface area contributed by atoms with Crippen LogP contribution in [0.2, 0.25) is 0 Å². The first-order valence-corrected chi connectivity index (χ1v) is 12.7. The van der Waals surface area contributed by atoms with Crippen molar-refractivity contribution in [3.8, 4) is 5.75 Å². The molecule has 1 unspecified atom stereocenters.